The fourth-order valence-corrected chi connectivity index (χ4v) is 1.89. The lowest BCUT2D eigenvalue weighted by atomic mass is 9.86. The van der Waals surface area contributed by atoms with E-state index >= 15 is 0 Å². The maximum absolute atomic E-state index is 11.8. The first-order valence-electron chi connectivity index (χ1n) is 6.06. The molecule has 0 saturated heterocycles. The number of methoxy groups -OCH3 is 1. The Labute approximate surface area is 109 Å². The highest BCUT2D eigenvalue weighted by Gasteiger charge is 2.40. The number of nitrogens with one attached hydrogen (secondary N) is 1. The molecule has 0 aliphatic carbocycles. The molecule has 1 amide bonds. The SMILES string of the molecule is COCC(Nc1ccc(C)cc1)(C(N)=O)C(C)C. The van der Waals surface area contributed by atoms with Crippen LogP contribution in [0.3, 0.4) is 0 Å². The van der Waals surface area contributed by atoms with Gasteiger partial charge in [0.2, 0.25) is 5.91 Å². The van der Waals surface area contributed by atoms with Crippen LogP contribution in [-0.2, 0) is 9.53 Å². The van der Waals surface area contributed by atoms with E-state index < -0.39 is 11.4 Å². The molecule has 3 N–H and O–H groups in total. The number of ether oxygens (including phenoxy) is 1. The van der Waals surface area contributed by atoms with Crippen molar-refractivity contribution in [3.05, 3.63) is 29.8 Å². The Kier molecular flexibility index (Phi) is 4.73. The summed E-state index contributed by atoms with van der Waals surface area (Å²) in [5.74, 6) is -0.379. The molecule has 1 unspecified atom stereocenters. The van der Waals surface area contributed by atoms with Crippen molar-refractivity contribution in [2.75, 3.05) is 19.0 Å². The van der Waals surface area contributed by atoms with Gasteiger partial charge in [-0.2, -0.15) is 0 Å². The lowest BCUT2D eigenvalue weighted by Crippen LogP contribution is -2.57. The molecule has 1 aromatic rings. The average molecular weight is 250 g/mol. The van der Waals surface area contributed by atoms with E-state index in [1.807, 2.05) is 45.0 Å². The van der Waals surface area contributed by atoms with Crippen molar-refractivity contribution in [3.8, 4) is 0 Å². The quantitative estimate of drug-likeness (QED) is 0.811. The molecule has 0 bridgehead atoms. The van der Waals surface area contributed by atoms with Gasteiger partial charge in [-0.1, -0.05) is 31.5 Å². The van der Waals surface area contributed by atoms with Gasteiger partial charge in [-0.25, -0.2) is 0 Å². The number of rotatable bonds is 6. The van der Waals surface area contributed by atoms with Crippen LogP contribution in [0.15, 0.2) is 24.3 Å². The van der Waals surface area contributed by atoms with Crippen molar-refractivity contribution in [1.29, 1.82) is 0 Å². The van der Waals surface area contributed by atoms with Crippen LogP contribution in [-0.4, -0.2) is 25.2 Å². The predicted octanol–water partition coefficient (Wildman–Crippen LogP) is 1.93. The highest BCUT2D eigenvalue weighted by molar-refractivity contribution is 5.88. The molecule has 1 atom stereocenters. The molecule has 0 radical (unpaired) electrons. The summed E-state index contributed by atoms with van der Waals surface area (Å²) in [5, 5.41) is 3.22. The number of nitrogens with two attached hydrogens (primary N) is 1. The summed E-state index contributed by atoms with van der Waals surface area (Å²) in [7, 11) is 1.57. The average Bonchev–Trinajstić information content (AvgIpc) is 2.30. The van der Waals surface area contributed by atoms with Gasteiger partial charge in [0.05, 0.1) is 6.61 Å². The normalized spacial score (nSPS) is 14.3. The minimum absolute atomic E-state index is 0.0243. The van der Waals surface area contributed by atoms with Crippen LogP contribution in [0.25, 0.3) is 0 Å². The Hall–Kier alpha value is -1.55. The molecule has 0 fully saturated rings. The Morgan fingerprint density at radius 1 is 1.39 bits per heavy atom. The molecule has 0 spiro atoms. The van der Waals surface area contributed by atoms with E-state index in [9.17, 15) is 4.79 Å². The predicted molar refractivity (Wildman–Crippen MR) is 73.4 cm³/mol. The molecule has 1 rings (SSSR count). The third-order valence-electron chi connectivity index (χ3n) is 3.22. The molecule has 1 aromatic carbocycles. The number of hydrogen-bond donors (Lipinski definition) is 2. The van der Waals surface area contributed by atoms with E-state index in [-0.39, 0.29) is 12.5 Å². The lowest BCUT2D eigenvalue weighted by molar-refractivity contribution is -0.125. The highest BCUT2D eigenvalue weighted by atomic mass is 16.5. The van der Waals surface area contributed by atoms with Gasteiger partial charge in [0, 0.05) is 12.8 Å². The van der Waals surface area contributed by atoms with Gasteiger partial charge in [0.15, 0.2) is 0 Å². The van der Waals surface area contributed by atoms with Gasteiger partial charge in [-0.3, -0.25) is 4.79 Å². The maximum Gasteiger partial charge on any atom is 0.245 e. The molecule has 0 aliphatic heterocycles. The molecule has 4 heteroatoms. The molecule has 18 heavy (non-hydrogen) atoms. The first-order valence-corrected chi connectivity index (χ1v) is 6.06. The number of benzene rings is 1. The summed E-state index contributed by atoms with van der Waals surface area (Å²) in [4.78, 5) is 11.8. The van der Waals surface area contributed by atoms with Crippen molar-refractivity contribution in [2.24, 2.45) is 11.7 Å². The standard InChI is InChI=1S/C14H22N2O2/c1-10(2)14(9-18-4,13(15)17)16-12-7-5-11(3)6-8-12/h5-8,10,16H,9H2,1-4H3,(H2,15,17). The van der Waals surface area contributed by atoms with Crippen LogP contribution in [0.4, 0.5) is 5.69 Å². The molecule has 4 nitrogen and oxygen atoms in total. The second-order valence-corrected chi connectivity index (χ2v) is 4.91. The minimum Gasteiger partial charge on any atom is -0.382 e. The molecule has 100 valence electrons. The Morgan fingerprint density at radius 3 is 2.33 bits per heavy atom. The van der Waals surface area contributed by atoms with E-state index in [0.717, 1.165) is 5.69 Å². The zero-order chi connectivity index (χ0) is 13.8. The van der Waals surface area contributed by atoms with E-state index in [1.54, 1.807) is 7.11 Å². The van der Waals surface area contributed by atoms with Crippen molar-refractivity contribution in [1.82, 2.24) is 0 Å². The number of hydrogen-bond acceptors (Lipinski definition) is 3. The molecular formula is C14H22N2O2. The summed E-state index contributed by atoms with van der Waals surface area (Å²) in [6.45, 7) is 6.16. The molecule has 0 saturated carbocycles. The van der Waals surface area contributed by atoms with Gasteiger partial charge in [-0.05, 0) is 25.0 Å². The van der Waals surface area contributed by atoms with Crippen LogP contribution < -0.4 is 11.1 Å². The van der Waals surface area contributed by atoms with E-state index in [0.29, 0.717) is 0 Å². The number of aryl methyl sites for hydroxylation is 1. The number of amides is 1. The molecule has 0 heterocycles. The topological polar surface area (TPSA) is 64.3 Å². The van der Waals surface area contributed by atoms with Gasteiger partial charge < -0.3 is 15.8 Å². The number of primary amides is 1. The zero-order valence-corrected chi connectivity index (χ0v) is 11.5. The van der Waals surface area contributed by atoms with Crippen molar-refractivity contribution in [2.45, 2.75) is 26.3 Å². The van der Waals surface area contributed by atoms with Gasteiger partial charge in [0.25, 0.3) is 0 Å². The Bertz CT molecular complexity index is 401. The summed E-state index contributed by atoms with van der Waals surface area (Å²) >= 11 is 0. The number of carbonyl (C=O) groups excluding carboxylic acids is 1. The Balaban J connectivity index is 3.03. The summed E-state index contributed by atoms with van der Waals surface area (Å²) in [5.41, 5.74) is 6.70. The number of anilines is 1. The van der Waals surface area contributed by atoms with Crippen LogP contribution in [0, 0.1) is 12.8 Å². The fraction of sp³-hybridized carbons (Fsp3) is 0.500. The smallest absolute Gasteiger partial charge is 0.245 e. The summed E-state index contributed by atoms with van der Waals surface area (Å²) in [6.07, 6.45) is 0. The van der Waals surface area contributed by atoms with Crippen molar-refractivity contribution >= 4 is 11.6 Å². The minimum atomic E-state index is -0.885. The van der Waals surface area contributed by atoms with E-state index in [4.69, 9.17) is 10.5 Å². The monoisotopic (exact) mass is 250 g/mol. The van der Waals surface area contributed by atoms with Crippen LogP contribution >= 0.6 is 0 Å². The summed E-state index contributed by atoms with van der Waals surface area (Å²) in [6, 6.07) is 7.85. The van der Waals surface area contributed by atoms with Gasteiger partial charge in [0.1, 0.15) is 5.54 Å². The Morgan fingerprint density at radius 2 is 1.94 bits per heavy atom. The first kappa shape index (κ1) is 14.5. The molecular weight excluding hydrogens is 228 g/mol. The summed E-state index contributed by atoms with van der Waals surface area (Å²) < 4.78 is 5.16. The maximum atomic E-state index is 11.8. The fourth-order valence-electron chi connectivity index (χ4n) is 1.89. The van der Waals surface area contributed by atoms with Gasteiger partial charge in [-0.15, -0.1) is 0 Å². The highest BCUT2D eigenvalue weighted by Crippen LogP contribution is 2.24. The number of carbonyl (C=O) groups is 1. The van der Waals surface area contributed by atoms with E-state index in [1.165, 1.54) is 5.56 Å². The third kappa shape index (κ3) is 3.01. The van der Waals surface area contributed by atoms with Crippen LogP contribution in [0.1, 0.15) is 19.4 Å². The largest absolute Gasteiger partial charge is 0.382 e. The van der Waals surface area contributed by atoms with Crippen molar-refractivity contribution in [3.63, 3.8) is 0 Å². The van der Waals surface area contributed by atoms with Crippen LogP contribution in [0.5, 0.6) is 0 Å². The van der Waals surface area contributed by atoms with Crippen LogP contribution in [0.2, 0.25) is 0 Å². The van der Waals surface area contributed by atoms with Gasteiger partial charge >= 0.3 is 0 Å². The lowest BCUT2D eigenvalue weighted by Gasteiger charge is -2.35. The molecule has 0 aliphatic rings. The zero-order valence-electron chi connectivity index (χ0n) is 11.5. The first-order chi connectivity index (χ1) is 8.42. The second-order valence-electron chi connectivity index (χ2n) is 4.91. The second kappa shape index (κ2) is 5.87. The van der Waals surface area contributed by atoms with Crippen molar-refractivity contribution < 1.29 is 9.53 Å². The molecule has 0 aromatic heterocycles. The third-order valence-corrected chi connectivity index (χ3v) is 3.22. The van der Waals surface area contributed by atoms with E-state index in [2.05, 4.69) is 5.32 Å².